The van der Waals surface area contributed by atoms with E-state index in [1.807, 2.05) is 0 Å². The molecule has 0 bridgehead atoms. The average molecular weight is 288 g/mol. The Morgan fingerprint density at radius 3 is 2.52 bits per heavy atom. The van der Waals surface area contributed by atoms with Crippen LogP contribution in [0, 0.1) is 34.5 Å². The standard InChI is InChI=1S/C19H28O2/c1-18-8-4-3-6-12(18)10-15(20)17-13-7-5-9-19(13,2)16(21)11-14(17)18/h12-14,17H,3-11H2,1-2H3/t12-,13+,14+,17+,18+,19-/m1/s1. The predicted octanol–water partition coefficient (Wildman–Crippen LogP) is 4.17. The molecule has 4 saturated carbocycles. The number of carbonyl (C=O) groups excluding carboxylic acids is 2. The van der Waals surface area contributed by atoms with E-state index in [0.717, 1.165) is 25.7 Å². The van der Waals surface area contributed by atoms with E-state index in [2.05, 4.69) is 13.8 Å². The van der Waals surface area contributed by atoms with Crippen LogP contribution < -0.4 is 0 Å². The van der Waals surface area contributed by atoms with Crippen LogP contribution in [-0.2, 0) is 9.59 Å². The summed E-state index contributed by atoms with van der Waals surface area (Å²) >= 11 is 0. The third kappa shape index (κ3) is 1.71. The van der Waals surface area contributed by atoms with Crippen molar-refractivity contribution in [3.05, 3.63) is 0 Å². The minimum Gasteiger partial charge on any atom is -0.299 e. The quantitative estimate of drug-likeness (QED) is 0.670. The molecule has 0 spiro atoms. The van der Waals surface area contributed by atoms with Crippen LogP contribution in [0.1, 0.15) is 71.6 Å². The molecule has 116 valence electrons. The van der Waals surface area contributed by atoms with Crippen molar-refractivity contribution in [1.29, 1.82) is 0 Å². The third-order valence-electron chi connectivity index (χ3n) is 8.06. The maximum atomic E-state index is 12.9. The summed E-state index contributed by atoms with van der Waals surface area (Å²) in [6.07, 6.45) is 9.78. The van der Waals surface area contributed by atoms with Crippen LogP contribution in [0.25, 0.3) is 0 Å². The first-order valence-corrected chi connectivity index (χ1v) is 9.03. The van der Waals surface area contributed by atoms with E-state index in [1.54, 1.807) is 0 Å². The lowest BCUT2D eigenvalue weighted by Crippen LogP contribution is -2.58. The molecule has 4 rings (SSSR count). The highest BCUT2D eigenvalue weighted by molar-refractivity contribution is 5.91. The number of hydrogen-bond acceptors (Lipinski definition) is 2. The van der Waals surface area contributed by atoms with Crippen molar-refractivity contribution in [2.75, 3.05) is 0 Å². The molecule has 0 aromatic heterocycles. The first-order chi connectivity index (χ1) is 9.97. The molecule has 0 heterocycles. The molecule has 4 fully saturated rings. The van der Waals surface area contributed by atoms with Crippen molar-refractivity contribution in [1.82, 2.24) is 0 Å². The van der Waals surface area contributed by atoms with Crippen molar-refractivity contribution < 1.29 is 9.59 Å². The molecule has 6 atom stereocenters. The average Bonchev–Trinajstić information content (AvgIpc) is 2.84. The zero-order chi connectivity index (χ0) is 14.8. The van der Waals surface area contributed by atoms with Gasteiger partial charge in [-0.2, -0.15) is 0 Å². The molecule has 2 nitrogen and oxygen atoms in total. The summed E-state index contributed by atoms with van der Waals surface area (Å²) in [4.78, 5) is 25.8. The molecule has 0 amide bonds. The van der Waals surface area contributed by atoms with Gasteiger partial charge in [0.05, 0.1) is 0 Å². The third-order valence-corrected chi connectivity index (χ3v) is 8.06. The molecule has 4 aliphatic carbocycles. The van der Waals surface area contributed by atoms with Crippen LogP contribution in [0.4, 0.5) is 0 Å². The maximum absolute atomic E-state index is 12.9. The van der Waals surface area contributed by atoms with Crippen molar-refractivity contribution in [3.63, 3.8) is 0 Å². The molecule has 0 aromatic carbocycles. The number of fused-ring (bicyclic) bond motifs is 5. The van der Waals surface area contributed by atoms with Gasteiger partial charge >= 0.3 is 0 Å². The highest BCUT2D eigenvalue weighted by atomic mass is 16.1. The van der Waals surface area contributed by atoms with Gasteiger partial charge in [0.2, 0.25) is 0 Å². The smallest absolute Gasteiger partial charge is 0.139 e. The summed E-state index contributed by atoms with van der Waals surface area (Å²) < 4.78 is 0. The van der Waals surface area contributed by atoms with E-state index in [0.29, 0.717) is 35.7 Å². The highest BCUT2D eigenvalue weighted by Gasteiger charge is 2.62. The van der Waals surface area contributed by atoms with Gasteiger partial charge in [0.15, 0.2) is 0 Å². The van der Waals surface area contributed by atoms with E-state index >= 15 is 0 Å². The maximum Gasteiger partial charge on any atom is 0.139 e. The van der Waals surface area contributed by atoms with Crippen molar-refractivity contribution in [3.8, 4) is 0 Å². The van der Waals surface area contributed by atoms with Gasteiger partial charge in [-0.3, -0.25) is 9.59 Å². The molecule has 2 heteroatoms. The largest absolute Gasteiger partial charge is 0.299 e. The van der Waals surface area contributed by atoms with Gasteiger partial charge in [0.1, 0.15) is 11.6 Å². The number of carbonyl (C=O) groups is 2. The van der Waals surface area contributed by atoms with Crippen molar-refractivity contribution >= 4 is 11.6 Å². The fourth-order valence-corrected chi connectivity index (χ4v) is 6.68. The highest BCUT2D eigenvalue weighted by Crippen LogP contribution is 2.64. The summed E-state index contributed by atoms with van der Waals surface area (Å²) in [5, 5.41) is 0. The van der Waals surface area contributed by atoms with Crippen LogP contribution in [-0.4, -0.2) is 11.6 Å². The zero-order valence-electron chi connectivity index (χ0n) is 13.5. The van der Waals surface area contributed by atoms with E-state index in [9.17, 15) is 9.59 Å². The summed E-state index contributed by atoms with van der Waals surface area (Å²) in [6.45, 7) is 4.57. The molecule has 21 heavy (non-hydrogen) atoms. The SMILES string of the molecule is C[C@]12CCCC[C@@H]1CC(=O)[C@@H]1[C@@H]2CC(=O)[C@]2(C)CCC[C@@H]12. The van der Waals surface area contributed by atoms with Gasteiger partial charge in [-0.1, -0.05) is 33.1 Å². The van der Waals surface area contributed by atoms with Crippen LogP contribution >= 0.6 is 0 Å². The van der Waals surface area contributed by atoms with E-state index in [1.165, 1.54) is 25.7 Å². The van der Waals surface area contributed by atoms with Gasteiger partial charge < -0.3 is 0 Å². The molecule has 0 unspecified atom stereocenters. The minimum absolute atomic E-state index is 0.172. The van der Waals surface area contributed by atoms with E-state index in [4.69, 9.17) is 0 Å². The van der Waals surface area contributed by atoms with Crippen molar-refractivity contribution in [2.45, 2.75) is 71.6 Å². The summed E-state index contributed by atoms with van der Waals surface area (Å²) in [5.41, 5.74) is 0.0884. The Kier molecular flexibility index (Phi) is 2.94. The van der Waals surface area contributed by atoms with E-state index < -0.39 is 0 Å². The van der Waals surface area contributed by atoms with Gasteiger partial charge in [0.25, 0.3) is 0 Å². The lowest BCUT2D eigenvalue weighted by molar-refractivity contribution is -0.162. The first kappa shape index (κ1) is 14.0. The normalized spacial score (nSPS) is 53.0. The molecule has 0 saturated heterocycles. The number of hydrogen-bond donors (Lipinski definition) is 0. The molecule has 4 aliphatic rings. The second-order valence-electron chi connectivity index (χ2n) is 8.79. The van der Waals surface area contributed by atoms with E-state index in [-0.39, 0.29) is 16.7 Å². The molecular weight excluding hydrogens is 260 g/mol. The van der Waals surface area contributed by atoms with Crippen molar-refractivity contribution in [2.24, 2.45) is 34.5 Å². The zero-order valence-corrected chi connectivity index (χ0v) is 13.5. The Morgan fingerprint density at radius 2 is 1.71 bits per heavy atom. The Bertz CT molecular complexity index is 496. The fourth-order valence-electron chi connectivity index (χ4n) is 6.68. The second kappa shape index (κ2) is 4.43. The second-order valence-corrected chi connectivity index (χ2v) is 8.79. The van der Waals surface area contributed by atoms with Gasteiger partial charge in [-0.15, -0.1) is 0 Å². The summed E-state index contributed by atoms with van der Waals surface area (Å²) in [5.74, 6) is 2.46. The van der Waals surface area contributed by atoms with Crippen LogP contribution in [0.2, 0.25) is 0 Å². The van der Waals surface area contributed by atoms with Crippen LogP contribution in [0.5, 0.6) is 0 Å². The van der Waals surface area contributed by atoms with Gasteiger partial charge in [-0.25, -0.2) is 0 Å². The van der Waals surface area contributed by atoms with Gasteiger partial charge in [0, 0.05) is 24.2 Å². The predicted molar refractivity (Wildman–Crippen MR) is 81.7 cm³/mol. The lowest BCUT2D eigenvalue weighted by Gasteiger charge is -2.58. The molecule has 0 aromatic rings. The van der Waals surface area contributed by atoms with Gasteiger partial charge in [-0.05, 0) is 48.9 Å². The Hall–Kier alpha value is -0.660. The Morgan fingerprint density at radius 1 is 0.905 bits per heavy atom. The number of rotatable bonds is 0. The fraction of sp³-hybridized carbons (Fsp3) is 0.895. The minimum atomic E-state index is -0.172. The van der Waals surface area contributed by atoms with Crippen LogP contribution in [0.15, 0.2) is 0 Å². The Balaban J connectivity index is 1.76. The number of Topliss-reactive ketones (excluding diaryl/α,β-unsaturated/α-hetero) is 2. The lowest BCUT2D eigenvalue weighted by atomic mass is 9.45. The molecular formula is C19H28O2. The molecule has 0 radical (unpaired) electrons. The summed E-state index contributed by atoms with van der Waals surface area (Å²) in [7, 11) is 0. The molecule has 0 N–H and O–H groups in total. The molecule has 0 aliphatic heterocycles. The van der Waals surface area contributed by atoms with Crippen LogP contribution in [0.3, 0.4) is 0 Å². The topological polar surface area (TPSA) is 34.1 Å². The monoisotopic (exact) mass is 288 g/mol. The first-order valence-electron chi connectivity index (χ1n) is 9.03. The Labute approximate surface area is 128 Å². The summed E-state index contributed by atoms with van der Waals surface area (Å²) in [6, 6.07) is 0. The number of ketones is 2.